The quantitative estimate of drug-likeness (QED) is 0.754. The molecular weight excluding hydrogens is 198 g/mol. The Bertz CT molecular complexity index is 293. The van der Waals surface area contributed by atoms with Gasteiger partial charge in [-0.3, -0.25) is 0 Å². The lowest BCUT2D eigenvalue weighted by Gasteiger charge is -2.20. The molecule has 16 heavy (non-hydrogen) atoms. The highest BCUT2D eigenvalue weighted by atomic mass is 16.3. The predicted octanol–water partition coefficient (Wildman–Crippen LogP) is 4.06. The third-order valence-electron chi connectivity index (χ3n) is 3.13. The van der Waals surface area contributed by atoms with E-state index in [-0.39, 0.29) is 0 Å². The summed E-state index contributed by atoms with van der Waals surface area (Å²) < 4.78 is 5.40. The zero-order valence-corrected chi connectivity index (χ0v) is 11.0. The van der Waals surface area contributed by atoms with Gasteiger partial charge >= 0.3 is 0 Å². The molecule has 0 aliphatic rings. The molecule has 2 atom stereocenters. The maximum Gasteiger partial charge on any atom is 0.101 e. The van der Waals surface area contributed by atoms with Crippen molar-refractivity contribution in [2.45, 2.75) is 53.0 Å². The Labute approximate surface area is 99.4 Å². The molecule has 0 fully saturated rings. The molecule has 0 amide bonds. The van der Waals surface area contributed by atoms with Gasteiger partial charge in [0.25, 0.3) is 0 Å². The van der Waals surface area contributed by atoms with Crippen molar-refractivity contribution in [1.29, 1.82) is 0 Å². The first-order valence-corrected chi connectivity index (χ1v) is 6.45. The maximum atomic E-state index is 5.40. The highest BCUT2D eigenvalue weighted by Gasteiger charge is 2.15. The molecule has 92 valence electrons. The molecule has 1 heterocycles. The van der Waals surface area contributed by atoms with Gasteiger partial charge in [-0.15, -0.1) is 0 Å². The second-order valence-electron chi connectivity index (χ2n) is 4.75. The number of furan rings is 1. The molecule has 0 spiro atoms. The summed E-state index contributed by atoms with van der Waals surface area (Å²) in [5.41, 5.74) is 1.30. The van der Waals surface area contributed by atoms with Crippen molar-refractivity contribution in [2.75, 3.05) is 6.54 Å². The van der Waals surface area contributed by atoms with Gasteiger partial charge in [0.05, 0.1) is 6.26 Å². The summed E-state index contributed by atoms with van der Waals surface area (Å²) in [4.78, 5) is 0. The normalized spacial score (nSPS) is 15.0. The Morgan fingerprint density at radius 2 is 2.12 bits per heavy atom. The lowest BCUT2D eigenvalue weighted by Crippen LogP contribution is -2.23. The van der Waals surface area contributed by atoms with Crippen LogP contribution in [0.5, 0.6) is 0 Å². The highest BCUT2D eigenvalue weighted by molar-refractivity contribution is 5.16. The fraction of sp³-hybridized carbons (Fsp3) is 0.714. The van der Waals surface area contributed by atoms with E-state index in [4.69, 9.17) is 4.42 Å². The maximum absolute atomic E-state index is 5.40. The van der Waals surface area contributed by atoms with Gasteiger partial charge < -0.3 is 9.73 Å². The van der Waals surface area contributed by atoms with Crippen molar-refractivity contribution in [3.8, 4) is 0 Å². The van der Waals surface area contributed by atoms with Crippen LogP contribution in [0.1, 0.15) is 57.4 Å². The summed E-state index contributed by atoms with van der Waals surface area (Å²) in [6, 6.07) is 2.60. The third-order valence-corrected chi connectivity index (χ3v) is 3.13. The average molecular weight is 223 g/mol. The molecule has 2 unspecified atom stereocenters. The standard InChI is InChI=1S/C14H25NO/c1-5-7-15-14(8-11(3)6-2)13-9-12(4)16-10-13/h9-11,14-15H,5-8H2,1-4H3. The molecule has 1 rings (SSSR count). The third kappa shape index (κ3) is 4.01. The van der Waals surface area contributed by atoms with Crippen molar-refractivity contribution in [2.24, 2.45) is 5.92 Å². The van der Waals surface area contributed by atoms with Gasteiger partial charge in [-0.25, -0.2) is 0 Å². The van der Waals surface area contributed by atoms with Gasteiger partial charge in [0.15, 0.2) is 0 Å². The van der Waals surface area contributed by atoms with Crippen LogP contribution in [0, 0.1) is 12.8 Å². The van der Waals surface area contributed by atoms with Crippen LogP contribution in [0.4, 0.5) is 0 Å². The Balaban J connectivity index is 2.62. The molecule has 2 nitrogen and oxygen atoms in total. The topological polar surface area (TPSA) is 25.2 Å². The smallest absolute Gasteiger partial charge is 0.101 e. The summed E-state index contributed by atoms with van der Waals surface area (Å²) >= 11 is 0. The van der Waals surface area contributed by atoms with Crippen LogP contribution in [-0.2, 0) is 0 Å². The Kier molecular flexibility index (Phi) is 5.61. The van der Waals surface area contributed by atoms with Gasteiger partial charge in [-0.1, -0.05) is 27.2 Å². The molecule has 1 N–H and O–H groups in total. The van der Waals surface area contributed by atoms with Crippen LogP contribution in [0.2, 0.25) is 0 Å². The van der Waals surface area contributed by atoms with Crippen LogP contribution >= 0.6 is 0 Å². The van der Waals surface area contributed by atoms with Gasteiger partial charge in [0, 0.05) is 11.6 Å². The van der Waals surface area contributed by atoms with Crippen molar-refractivity contribution >= 4 is 0 Å². The van der Waals surface area contributed by atoms with Crippen molar-refractivity contribution < 1.29 is 4.42 Å². The molecule has 2 heteroatoms. The molecule has 1 aromatic heterocycles. The number of hydrogen-bond donors (Lipinski definition) is 1. The van der Waals surface area contributed by atoms with Crippen molar-refractivity contribution in [3.05, 3.63) is 23.7 Å². The van der Waals surface area contributed by atoms with Crippen LogP contribution < -0.4 is 5.32 Å². The van der Waals surface area contributed by atoms with Crippen LogP contribution in [0.3, 0.4) is 0 Å². The number of hydrogen-bond acceptors (Lipinski definition) is 2. The van der Waals surface area contributed by atoms with E-state index in [1.807, 2.05) is 13.2 Å². The lowest BCUT2D eigenvalue weighted by atomic mass is 9.95. The first kappa shape index (κ1) is 13.3. The van der Waals surface area contributed by atoms with E-state index < -0.39 is 0 Å². The average Bonchev–Trinajstić information content (AvgIpc) is 2.70. The SMILES string of the molecule is CCCNC(CC(C)CC)c1coc(C)c1. The molecule has 0 radical (unpaired) electrons. The van der Waals surface area contributed by atoms with Crippen LogP contribution in [-0.4, -0.2) is 6.54 Å². The predicted molar refractivity (Wildman–Crippen MR) is 68.6 cm³/mol. The summed E-state index contributed by atoms with van der Waals surface area (Å²) in [7, 11) is 0. The molecule has 1 aromatic rings. The van der Waals surface area contributed by atoms with E-state index in [0.717, 1.165) is 18.2 Å². The van der Waals surface area contributed by atoms with Gasteiger partial charge in [0.2, 0.25) is 0 Å². The molecule has 0 aliphatic heterocycles. The van der Waals surface area contributed by atoms with E-state index in [1.54, 1.807) is 0 Å². The van der Waals surface area contributed by atoms with Crippen LogP contribution in [0.15, 0.2) is 16.7 Å². The summed E-state index contributed by atoms with van der Waals surface area (Å²) in [5, 5.41) is 3.60. The molecule has 0 aliphatic carbocycles. The van der Waals surface area contributed by atoms with Gasteiger partial charge in [0.1, 0.15) is 5.76 Å². The second-order valence-corrected chi connectivity index (χ2v) is 4.75. The van der Waals surface area contributed by atoms with Crippen LogP contribution in [0.25, 0.3) is 0 Å². The molecular formula is C14H25NO. The first-order valence-electron chi connectivity index (χ1n) is 6.45. The highest BCUT2D eigenvalue weighted by Crippen LogP contribution is 2.24. The molecule has 0 aromatic carbocycles. The van der Waals surface area contributed by atoms with E-state index >= 15 is 0 Å². The van der Waals surface area contributed by atoms with E-state index in [0.29, 0.717) is 6.04 Å². The number of rotatable bonds is 7. The Hall–Kier alpha value is -0.760. The number of nitrogens with one attached hydrogen (secondary N) is 1. The molecule has 0 bridgehead atoms. The Morgan fingerprint density at radius 1 is 1.38 bits per heavy atom. The minimum Gasteiger partial charge on any atom is -0.469 e. The van der Waals surface area contributed by atoms with Gasteiger partial charge in [-0.2, -0.15) is 0 Å². The second kappa shape index (κ2) is 6.74. The largest absolute Gasteiger partial charge is 0.469 e. The number of aryl methyl sites for hydroxylation is 1. The zero-order chi connectivity index (χ0) is 12.0. The summed E-state index contributed by atoms with van der Waals surface area (Å²) in [6.07, 6.45) is 5.50. The lowest BCUT2D eigenvalue weighted by molar-refractivity contribution is 0.399. The zero-order valence-electron chi connectivity index (χ0n) is 11.0. The van der Waals surface area contributed by atoms with E-state index in [2.05, 4.69) is 32.2 Å². The fourth-order valence-electron chi connectivity index (χ4n) is 1.87. The summed E-state index contributed by atoms with van der Waals surface area (Å²) in [5.74, 6) is 1.76. The van der Waals surface area contributed by atoms with Gasteiger partial charge in [-0.05, 0) is 38.3 Å². The minimum atomic E-state index is 0.451. The Morgan fingerprint density at radius 3 is 2.62 bits per heavy atom. The fourth-order valence-corrected chi connectivity index (χ4v) is 1.87. The van der Waals surface area contributed by atoms with E-state index in [9.17, 15) is 0 Å². The first-order chi connectivity index (χ1) is 7.67. The minimum absolute atomic E-state index is 0.451. The molecule has 0 saturated heterocycles. The molecule has 0 saturated carbocycles. The van der Waals surface area contributed by atoms with Crippen molar-refractivity contribution in [3.63, 3.8) is 0 Å². The monoisotopic (exact) mass is 223 g/mol. The summed E-state index contributed by atoms with van der Waals surface area (Å²) in [6.45, 7) is 9.85. The van der Waals surface area contributed by atoms with Crippen molar-refractivity contribution in [1.82, 2.24) is 5.32 Å². The van der Waals surface area contributed by atoms with E-state index in [1.165, 1.54) is 24.8 Å².